The summed E-state index contributed by atoms with van der Waals surface area (Å²) in [6.07, 6.45) is 6.90. The van der Waals surface area contributed by atoms with Crippen molar-refractivity contribution in [3.8, 4) is 0 Å². The molecule has 4 bridgehead atoms. The number of methoxy groups -OCH3 is 1. The van der Waals surface area contributed by atoms with Crippen molar-refractivity contribution < 1.29 is 14.2 Å². The molecule has 27 heavy (non-hydrogen) atoms. The van der Waals surface area contributed by atoms with Crippen LogP contribution in [0.4, 0.5) is 0 Å². The number of nitrogens with zero attached hydrogens (tertiary/aromatic N) is 1. The molecular weight excluding hydrogens is 338 g/mol. The predicted octanol–water partition coefficient (Wildman–Crippen LogP) is 4.28. The Kier molecular flexibility index (Phi) is 3.65. The van der Waals surface area contributed by atoms with Crippen molar-refractivity contribution in [2.45, 2.75) is 50.4 Å². The van der Waals surface area contributed by atoms with Gasteiger partial charge in [-0.05, 0) is 66.9 Å². The molecule has 1 aromatic carbocycles. The van der Waals surface area contributed by atoms with Gasteiger partial charge in [-0.1, -0.05) is 30.3 Å². The summed E-state index contributed by atoms with van der Waals surface area (Å²) in [6, 6.07) is 10.4. The number of epoxide rings is 1. The van der Waals surface area contributed by atoms with E-state index in [1.165, 1.54) is 37.9 Å². The fourth-order valence-electron chi connectivity index (χ4n) is 6.40. The highest BCUT2D eigenvalue weighted by atomic mass is 16.6. The van der Waals surface area contributed by atoms with E-state index in [2.05, 4.69) is 24.3 Å². The predicted molar refractivity (Wildman–Crippen MR) is 102 cm³/mol. The molecule has 0 spiro atoms. The number of ether oxygens (including phenoxy) is 3. The van der Waals surface area contributed by atoms with Gasteiger partial charge < -0.3 is 14.2 Å². The number of aliphatic imine (C=N–C) groups is 1. The van der Waals surface area contributed by atoms with Crippen LogP contribution >= 0.6 is 0 Å². The average Bonchev–Trinajstić information content (AvgIpc) is 3.34. The SMILES string of the molecule is COC[C@@H]1N=C([C@H]2OC2=C2C3CC4CC(C3)CC2C4)O[C@H]1c1ccccc1. The standard InChI is InChI=1S/C23H27NO3/c1-25-12-18-20(15-5-3-2-4-6-15)27-23(24-18)22-21(26-22)19-16-8-13-7-14(10-16)11-17(19)9-13/h2-6,13-14,16-18,20,22H,7-12H2,1H3/t13?,14?,16?,17?,18-,20-,22-/m0/s1. The van der Waals surface area contributed by atoms with Crippen LogP contribution in [-0.2, 0) is 14.2 Å². The second-order valence-corrected chi connectivity index (χ2v) is 9.06. The van der Waals surface area contributed by atoms with E-state index in [4.69, 9.17) is 19.2 Å². The maximum atomic E-state index is 6.32. The fourth-order valence-corrected chi connectivity index (χ4v) is 6.40. The van der Waals surface area contributed by atoms with Crippen LogP contribution in [0.15, 0.2) is 46.7 Å². The highest BCUT2D eigenvalue weighted by Crippen LogP contribution is 2.59. The first-order valence-corrected chi connectivity index (χ1v) is 10.5. The smallest absolute Gasteiger partial charge is 0.235 e. The highest BCUT2D eigenvalue weighted by molar-refractivity contribution is 5.89. The molecule has 7 rings (SSSR count). The third-order valence-electron chi connectivity index (χ3n) is 7.31. The summed E-state index contributed by atoms with van der Waals surface area (Å²) in [6.45, 7) is 0.566. The van der Waals surface area contributed by atoms with Crippen LogP contribution in [0.5, 0.6) is 0 Å². The molecule has 0 N–H and O–H groups in total. The summed E-state index contributed by atoms with van der Waals surface area (Å²) in [5, 5.41) is 0. The zero-order valence-corrected chi connectivity index (χ0v) is 15.8. The molecule has 4 aliphatic carbocycles. The van der Waals surface area contributed by atoms with Crippen LogP contribution < -0.4 is 0 Å². The number of allylic oxidation sites excluding steroid dienone is 1. The van der Waals surface area contributed by atoms with Crippen LogP contribution in [0.3, 0.4) is 0 Å². The molecule has 0 amide bonds. The van der Waals surface area contributed by atoms with Gasteiger partial charge in [-0.25, -0.2) is 4.99 Å². The van der Waals surface area contributed by atoms with Crippen LogP contribution in [0.25, 0.3) is 0 Å². The molecule has 1 aromatic rings. The normalized spacial score (nSPS) is 41.4. The van der Waals surface area contributed by atoms with Crippen molar-refractivity contribution in [2.24, 2.45) is 28.7 Å². The average molecular weight is 365 g/mol. The molecule has 5 fully saturated rings. The summed E-state index contributed by atoms with van der Waals surface area (Å²) in [4.78, 5) is 4.87. The maximum Gasteiger partial charge on any atom is 0.235 e. The van der Waals surface area contributed by atoms with Gasteiger partial charge in [0.05, 0.1) is 6.61 Å². The Morgan fingerprint density at radius 1 is 0.963 bits per heavy atom. The quantitative estimate of drug-likeness (QED) is 0.748. The van der Waals surface area contributed by atoms with E-state index in [9.17, 15) is 0 Å². The van der Waals surface area contributed by atoms with Gasteiger partial charge >= 0.3 is 0 Å². The molecule has 142 valence electrons. The van der Waals surface area contributed by atoms with E-state index in [1.807, 2.05) is 6.07 Å². The van der Waals surface area contributed by atoms with Crippen molar-refractivity contribution in [2.75, 3.05) is 13.7 Å². The Hall–Kier alpha value is -1.81. The molecule has 4 heteroatoms. The van der Waals surface area contributed by atoms with Gasteiger partial charge in [-0.2, -0.15) is 0 Å². The molecule has 2 heterocycles. The Morgan fingerprint density at radius 3 is 2.33 bits per heavy atom. The van der Waals surface area contributed by atoms with Gasteiger partial charge in [-0.3, -0.25) is 0 Å². The molecule has 4 saturated carbocycles. The Labute approximate surface area is 160 Å². The summed E-state index contributed by atoms with van der Waals surface area (Å²) in [5.74, 6) is 5.45. The van der Waals surface area contributed by atoms with E-state index in [0.717, 1.165) is 35.1 Å². The van der Waals surface area contributed by atoms with E-state index in [-0.39, 0.29) is 18.2 Å². The van der Waals surface area contributed by atoms with Crippen LogP contribution in [0.2, 0.25) is 0 Å². The first-order valence-electron chi connectivity index (χ1n) is 10.5. The number of benzene rings is 1. The van der Waals surface area contributed by atoms with Crippen molar-refractivity contribution in [1.29, 1.82) is 0 Å². The molecule has 3 atom stereocenters. The van der Waals surface area contributed by atoms with E-state index >= 15 is 0 Å². The molecule has 0 aromatic heterocycles. The third-order valence-corrected chi connectivity index (χ3v) is 7.31. The highest BCUT2D eigenvalue weighted by Gasteiger charge is 2.53. The number of rotatable bonds is 4. The van der Waals surface area contributed by atoms with Crippen LogP contribution in [-0.4, -0.2) is 31.8 Å². The number of hydrogen-bond donors (Lipinski definition) is 0. The maximum absolute atomic E-state index is 6.32. The first-order chi connectivity index (χ1) is 13.3. The van der Waals surface area contributed by atoms with Crippen molar-refractivity contribution in [3.63, 3.8) is 0 Å². The molecule has 0 unspecified atom stereocenters. The second-order valence-electron chi connectivity index (χ2n) is 9.06. The lowest BCUT2D eigenvalue weighted by Crippen LogP contribution is -2.40. The Bertz CT molecular complexity index is 769. The van der Waals surface area contributed by atoms with Crippen molar-refractivity contribution in [3.05, 3.63) is 47.2 Å². The van der Waals surface area contributed by atoms with Crippen LogP contribution in [0.1, 0.15) is 43.8 Å². The third kappa shape index (κ3) is 2.64. The summed E-state index contributed by atoms with van der Waals surface area (Å²) >= 11 is 0. The molecule has 1 saturated heterocycles. The van der Waals surface area contributed by atoms with Crippen LogP contribution in [0, 0.1) is 23.7 Å². The lowest BCUT2D eigenvalue weighted by molar-refractivity contribution is 0.0679. The minimum absolute atomic E-state index is 0.00125. The molecule has 4 nitrogen and oxygen atoms in total. The minimum atomic E-state index is -0.0740. The molecule has 6 aliphatic rings. The second kappa shape index (κ2) is 6.10. The number of hydrogen-bond acceptors (Lipinski definition) is 4. The summed E-state index contributed by atoms with van der Waals surface area (Å²) in [5.41, 5.74) is 2.78. The lowest BCUT2D eigenvalue weighted by atomic mass is 9.54. The summed E-state index contributed by atoms with van der Waals surface area (Å²) < 4.78 is 17.8. The molecule has 2 aliphatic heterocycles. The topological polar surface area (TPSA) is 43.3 Å². The Morgan fingerprint density at radius 2 is 1.67 bits per heavy atom. The molecular formula is C23H27NO3. The summed E-state index contributed by atoms with van der Waals surface area (Å²) in [7, 11) is 1.73. The largest absolute Gasteiger partial charge is 0.472 e. The van der Waals surface area contributed by atoms with E-state index in [1.54, 1.807) is 12.7 Å². The first kappa shape index (κ1) is 16.2. The van der Waals surface area contributed by atoms with E-state index in [0.29, 0.717) is 6.61 Å². The fraction of sp³-hybridized carbons (Fsp3) is 0.609. The van der Waals surface area contributed by atoms with Gasteiger partial charge in [0, 0.05) is 7.11 Å². The monoisotopic (exact) mass is 365 g/mol. The van der Waals surface area contributed by atoms with Crippen molar-refractivity contribution >= 4 is 5.90 Å². The zero-order valence-electron chi connectivity index (χ0n) is 15.8. The minimum Gasteiger partial charge on any atom is -0.472 e. The van der Waals surface area contributed by atoms with Gasteiger partial charge in [0.1, 0.15) is 17.9 Å². The van der Waals surface area contributed by atoms with Gasteiger partial charge in [0.25, 0.3) is 0 Å². The van der Waals surface area contributed by atoms with Gasteiger partial charge in [0.15, 0.2) is 0 Å². The lowest BCUT2D eigenvalue weighted by Gasteiger charge is -2.50. The van der Waals surface area contributed by atoms with Gasteiger partial charge in [-0.15, -0.1) is 0 Å². The Balaban J connectivity index is 1.25. The zero-order chi connectivity index (χ0) is 18.0. The van der Waals surface area contributed by atoms with Crippen molar-refractivity contribution in [1.82, 2.24) is 0 Å². The molecule has 0 radical (unpaired) electrons. The van der Waals surface area contributed by atoms with E-state index < -0.39 is 0 Å². The van der Waals surface area contributed by atoms with Gasteiger partial charge in [0.2, 0.25) is 12.0 Å².